The maximum atomic E-state index is 14.0. The highest BCUT2D eigenvalue weighted by atomic mass is 35.5. The average molecular weight is 672 g/mol. The molecule has 6 nitrogen and oxygen atoms in total. The van der Waals surface area contributed by atoms with Gasteiger partial charge in [0.25, 0.3) is 0 Å². The number of rotatable bonds is 10. The quantitative estimate of drug-likeness (QED) is 0.168. The van der Waals surface area contributed by atoms with Crippen molar-refractivity contribution in [3.63, 3.8) is 0 Å². The molecule has 4 aromatic carbocycles. The first kappa shape index (κ1) is 35.3. The second-order valence-corrected chi connectivity index (χ2v) is 11.4. The van der Waals surface area contributed by atoms with Crippen LogP contribution in [0.15, 0.2) is 103 Å². The van der Waals surface area contributed by atoms with Crippen LogP contribution in [-0.4, -0.2) is 62.3 Å². The smallest absolute Gasteiger partial charge is 0.321 e. The monoisotopic (exact) mass is 670 g/mol. The Morgan fingerprint density at radius 2 is 1.24 bits per heavy atom. The molecule has 3 atom stereocenters. The summed E-state index contributed by atoms with van der Waals surface area (Å²) in [6, 6.07) is 30.1. The van der Waals surface area contributed by atoms with Crippen molar-refractivity contribution in [2.75, 3.05) is 40.4 Å². The van der Waals surface area contributed by atoms with E-state index in [0.717, 1.165) is 22.3 Å². The molecule has 2 fully saturated rings. The van der Waals surface area contributed by atoms with Gasteiger partial charge in [0.15, 0.2) is 6.23 Å². The van der Waals surface area contributed by atoms with Gasteiger partial charge in [-0.25, -0.2) is 8.78 Å². The van der Waals surface area contributed by atoms with Crippen LogP contribution in [0.4, 0.5) is 8.78 Å². The van der Waals surface area contributed by atoms with Gasteiger partial charge in [0.1, 0.15) is 22.8 Å². The Hall–Kier alpha value is -3.53. The molecule has 0 spiro atoms. The summed E-state index contributed by atoms with van der Waals surface area (Å²) in [7, 11) is 3.23. The molecule has 1 saturated carbocycles. The minimum absolute atomic E-state index is 0. The van der Waals surface area contributed by atoms with E-state index in [1.165, 1.54) is 24.3 Å². The fourth-order valence-electron chi connectivity index (χ4n) is 6.35. The van der Waals surface area contributed by atoms with Gasteiger partial charge >= 0.3 is 5.97 Å². The molecule has 0 aromatic heterocycles. The lowest BCUT2D eigenvalue weighted by atomic mass is 9.95. The predicted octanol–water partition coefficient (Wildman–Crippen LogP) is 7.12. The van der Waals surface area contributed by atoms with E-state index in [4.69, 9.17) is 14.2 Å². The van der Waals surface area contributed by atoms with Crippen molar-refractivity contribution in [1.29, 1.82) is 0 Å². The Labute approximate surface area is 281 Å². The highest BCUT2D eigenvalue weighted by molar-refractivity contribution is 5.88. The summed E-state index contributed by atoms with van der Waals surface area (Å²) in [5.41, 5.74) is 2.71. The minimum atomic E-state index is -0.883. The molecule has 0 N–H and O–H groups in total. The van der Waals surface area contributed by atoms with Gasteiger partial charge in [0.2, 0.25) is 0 Å². The van der Waals surface area contributed by atoms with Gasteiger partial charge in [0.05, 0.1) is 19.3 Å². The van der Waals surface area contributed by atoms with Crippen molar-refractivity contribution >= 4 is 30.8 Å². The molecule has 1 unspecified atom stereocenters. The van der Waals surface area contributed by atoms with E-state index >= 15 is 0 Å². The molecule has 1 heterocycles. The van der Waals surface area contributed by atoms with Crippen molar-refractivity contribution in [3.05, 3.63) is 137 Å². The molecule has 244 valence electrons. The molecule has 1 aliphatic heterocycles. The van der Waals surface area contributed by atoms with E-state index in [9.17, 15) is 13.6 Å². The average Bonchev–Trinajstić information content (AvgIpc) is 3.82. The molecule has 1 saturated heterocycles. The van der Waals surface area contributed by atoms with Crippen LogP contribution in [0.2, 0.25) is 0 Å². The lowest BCUT2D eigenvalue weighted by Crippen LogP contribution is -2.50. The lowest BCUT2D eigenvalue weighted by molar-refractivity contribution is -0.167. The van der Waals surface area contributed by atoms with Crippen LogP contribution in [-0.2, 0) is 19.7 Å². The summed E-state index contributed by atoms with van der Waals surface area (Å²) in [6.45, 7) is 2.55. The standard InChI is InChI=1S/C36H36F2N2O4.2ClH/c1-42-31-18-12-28(13-19-31)36(24-32(36)43-2)35(41)44-34(27-6-4-3-5-7-27)40-22-20-39(21-23-40)33(25-8-14-29(37)15-9-25)26-10-16-30(38)17-11-26;;/h3-19,32-34H,20-24H2,1-2H3;2*1H/t32-,34?,36-;;/m0../s1. The second kappa shape index (κ2) is 15.4. The van der Waals surface area contributed by atoms with Crippen LogP contribution in [0.3, 0.4) is 0 Å². The summed E-state index contributed by atoms with van der Waals surface area (Å²) in [5.74, 6) is -0.210. The zero-order valence-corrected chi connectivity index (χ0v) is 27.3. The zero-order chi connectivity index (χ0) is 30.7. The number of carbonyl (C=O) groups excluding carboxylic acids is 1. The van der Waals surface area contributed by atoms with E-state index in [-0.39, 0.29) is 54.6 Å². The molecule has 1 aliphatic carbocycles. The third-order valence-corrected chi connectivity index (χ3v) is 8.87. The van der Waals surface area contributed by atoms with Crippen LogP contribution in [0.5, 0.6) is 5.75 Å². The number of ether oxygens (including phenoxy) is 3. The summed E-state index contributed by atoms with van der Waals surface area (Å²) < 4.78 is 45.0. The highest BCUT2D eigenvalue weighted by Crippen LogP contribution is 2.52. The summed E-state index contributed by atoms with van der Waals surface area (Å²) >= 11 is 0. The van der Waals surface area contributed by atoms with Gasteiger partial charge in [-0.05, 0) is 59.5 Å². The van der Waals surface area contributed by atoms with E-state index in [2.05, 4.69) is 9.80 Å². The van der Waals surface area contributed by atoms with Gasteiger partial charge in [-0.3, -0.25) is 14.6 Å². The molecule has 6 rings (SSSR count). The topological polar surface area (TPSA) is 51.2 Å². The number of hydrogen-bond donors (Lipinski definition) is 0. The van der Waals surface area contributed by atoms with Crippen molar-refractivity contribution in [2.45, 2.75) is 30.2 Å². The number of hydrogen-bond acceptors (Lipinski definition) is 6. The van der Waals surface area contributed by atoms with E-state index < -0.39 is 11.6 Å². The van der Waals surface area contributed by atoms with Crippen molar-refractivity contribution in [1.82, 2.24) is 9.80 Å². The Kier molecular flexibility index (Phi) is 11.8. The molecular weight excluding hydrogens is 633 g/mol. The third-order valence-electron chi connectivity index (χ3n) is 8.87. The molecule has 0 radical (unpaired) electrons. The van der Waals surface area contributed by atoms with Crippen molar-refractivity contribution < 1.29 is 27.8 Å². The number of benzene rings is 4. The van der Waals surface area contributed by atoms with Crippen LogP contribution in [0, 0.1) is 11.6 Å². The molecule has 4 aromatic rings. The van der Waals surface area contributed by atoms with Crippen molar-refractivity contribution in [2.24, 2.45) is 0 Å². The highest BCUT2D eigenvalue weighted by Gasteiger charge is 2.64. The Balaban J connectivity index is 0.00000240. The van der Waals surface area contributed by atoms with Gasteiger partial charge in [0, 0.05) is 38.9 Å². The number of nitrogens with zero attached hydrogens (tertiary/aromatic N) is 2. The number of methoxy groups -OCH3 is 2. The van der Waals surface area contributed by atoms with Gasteiger partial charge in [-0.2, -0.15) is 0 Å². The van der Waals surface area contributed by atoms with E-state index in [0.29, 0.717) is 38.3 Å². The molecule has 46 heavy (non-hydrogen) atoms. The van der Waals surface area contributed by atoms with Crippen LogP contribution >= 0.6 is 24.8 Å². The minimum Gasteiger partial charge on any atom is -0.497 e. The van der Waals surface area contributed by atoms with Gasteiger partial charge in [-0.15, -0.1) is 24.8 Å². The van der Waals surface area contributed by atoms with E-state index in [1.54, 1.807) is 38.5 Å². The Morgan fingerprint density at radius 1 is 0.717 bits per heavy atom. The van der Waals surface area contributed by atoms with Gasteiger partial charge < -0.3 is 14.2 Å². The molecule has 10 heteroatoms. The first-order chi connectivity index (χ1) is 21.4. The first-order valence-electron chi connectivity index (χ1n) is 14.9. The SMILES string of the molecule is COc1ccc([C@@]2(C(=O)OC(c3ccccc3)N3CCN(C(c4ccc(F)cc4)c4ccc(F)cc4)CC3)C[C@@H]2OC)cc1.Cl.Cl. The van der Waals surface area contributed by atoms with Crippen molar-refractivity contribution in [3.8, 4) is 5.75 Å². The Morgan fingerprint density at radius 3 is 1.72 bits per heavy atom. The van der Waals surface area contributed by atoms with E-state index in [1.807, 2.05) is 54.6 Å². The second-order valence-electron chi connectivity index (χ2n) is 11.4. The Bertz CT molecular complexity index is 1510. The number of esters is 1. The van der Waals surface area contributed by atoms with Crippen LogP contribution < -0.4 is 4.74 Å². The first-order valence-corrected chi connectivity index (χ1v) is 14.9. The summed E-state index contributed by atoms with van der Waals surface area (Å²) in [5, 5.41) is 0. The zero-order valence-electron chi connectivity index (χ0n) is 25.7. The van der Waals surface area contributed by atoms with Crippen LogP contribution in [0.25, 0.3) is 0 Å². The molecule has 0 amide bonds. The third kappa shape index (κ3) is 7.22. The normalized spacial score (nSPS) is 20.2. The number of carbonyl (C=O) groups is 1. The predicted molar refractivity (Wildman–Crippen MR) is 178 cm³/mol. The summed E-state index contributed by atoms with van der Waals surface area (Å²) in [6.07, 6.45) is -0.320. The molecule has 2 aliphatic rings. The number of halogens is 4. The van der Waals surface area contributed by atoms with Gasteiger partial charge in [-0.1, -0.05) is 66.7 Å². The fraction of sp³-hybridized carbons (Fsp3) is 0.306. The largest absolute Gasteiger partial charge is 0.497 e. The van der Waals surface area contributed by atoms with Crippen LogP contribution in [0.1, 0.15) is 40.9 Å². The molecule has 0 bridgehead atoms. The number of piperazine rings is 1. The maximum absolute atomic E-state index is 14.0. The maximum Gasteiger partial charge on any atom is 0.321 e. The fourth-order valence-corrected chi connectivity index (χ4v) is 6.35. The summed E-state index contributed by atoms with van der Waals surface area (Å²) in [4.78, 5) is 18.5. The lowest BCUT2D eigenvalue weighted by Gasteiger charge is -2.42. The molecular formula is C36H38Cl2F2N2O4.